The van der Waals surface area contributed by atoms with Crippen LogP contribution in [0.5, 0.6) is 0 Å². The van der Waals surface area contributed by atoms with E-state index in [1.54, 1.807) is 6.92 Å². The first-order valence-corrected chi connectivity index (χ1v) is 4.22. The number of thiol groups is 1. The molecule has 0 spiro atoms. The molecule has 0 aromatic heterocycles. The van der Waals surface area contributed by atoms with Crippen LogP contribution in [0.4, 0.5) is 13.2 Å². The van der Waals surface area contributed by atoms with Crippen molar-refractivity contribution in [3.8, 4) is 0 Å². The molecule has 0 aliphatic carbocycles. The van der Waals surface area contributed by atoms with Crippen LogP contribution in [0.3, 0.4) is 0 Å². The van der Waals surface area contributed by atoms with Crippen LogP contribution >= 0.6 is 24.2 Å². The van der Waals surface area contributed by atoms with Crippen molar-refractivity contribution in [1.29, 1.82) is 0 Å². The average Bonchev–Trinajstić information content (AvgIpc) is 1.98. The predicted molar refractivity (Wildman–Crippen MR) is 48.4 cm³/mol. The lowest BCUT2D eigenvalue weighted by Gasteiger charge is -2.11. The fourth-order valence-corrected chi connectivity index (χ4v) is 1.39. The Hall–Kier alpha value is -0.350. The summed E-state index contributed by atoms with van der Waals surface area (Å²) in [6.07, 6.45) is -4.41. The van der Waals surface area contributed by atoms with Crippen molar-refractivity contribution < 1.29 is 13.2 Å². The highest BCUT2D eigenvalue weighted by Crippen LogP contribution is 2.38. The summed E-state index contributed by atoms with van der Waals surface area (Å²) in [6.45, 7) is 1.65. The first-order valence-electron chi connectivity index (χ1n) is 3.39. The molecule has 0 radical (unpaired) electrons. The Morgan fingerprint density at radius 3 is 2.31 bits per heavy atom. The summed E-state index contributed by atoms with van der Waals surface area (Å²) in [5.74, 6) is 0. The topological polar surface area (TPSA) is 0 Å². The second-order valence-electron chi connectivity index (χ2n) is 2.59. The molecule has 0 unspecified atom stereocenters. The fraction of sp³-hybridized carbons (Fsp3) is 0.250. The van der Waals surface area contributed by atoms with Gasteiger partial charge in [0.15, 0.2) is 0 Å². The Labute approximate surface area is 84.1 Å². The van der Waals surface area contributed by atoms with Gasteiger partial charge in [0.2, 0.25) is 0 Å². The van der Waals surface area contributed by atoms with E-state index in [0.717, 1.165) is 6.07 Å². The Kier molecular flexibility index (Phi) is 2.82. The molecular weight excluding hydrogens is 221 g/mol. The molecule has 72 valence electrons. The van der Waals surface area contributed by atoms with Gasteiger partial charge < -0.3 is 0 Å². The third kappa shape index (κ3) is 2.11. The van der Waals surface area contributed by atoms with Crippen LogP contribution in [0.1, 0.15) is 11.1 Å². The number of hydrogen-bond acceptors (Lipinski definition) is 1. The molecule has 0 aliphatic heterocycles. The van der Waals surface area contributed by atoms with Crippen molar-refractivity contribution in [2.24, 2.45) is 0 Å². The van der Waals surface area contributed by atoms with Crippen molar-refractivity contribution in [1.82, 2.24) is 0 Å². The van der Waals surface area contributed by atoms with Crippen molar-refractivity contribution in [3.05, 3.63) is 28.3 Å². The molecule has 0 atom stereocenters. The van der Waals surface area contributed by atoms with E-state index in [1.807, 2.05) is 0 Å². The van der Waals surface area contributed by atoms with Crippen molar-refractivity contribution in [3.63, 3.8) is 0 Å². The van der Waals surface area contributed by atoms with Crippen LogP contribution in [-0.4, -0.2) is 0 Å². The Balaban J connectivity index is 3.35. The van der Waals surface area contributed by atoms with E-state index in [-0.39, 0.29) is 9.92 Å². The zero-order chi connectivity index (χ0) is 10.2. The van der Waals surface area contributed by atoms with Crippen LogP contribution < -0.4 is 0 Å². The minimum atomic E-state index is -4.41. The van der Waals surface area contributed by atoms with E-state index >= 15 is 0 Å². The highest BCUT2D eigenvalue weighted by molar-refractivity contribution is 7.80. The Morgan fingerprint density at radius 2 is 1.85 bits per heavy atom. The summed E-state index contributed by atoms with van der Waals surface area (Å²) in [7, 11) is 0. The van der Waals surface area contributed by atoms with E-state index in [9.17, 15) is 13.2 Å². The number of alkyl halides is 3. The molecule has 13 heavy (non-hydrogen) atoms. The molecule has 0 N–H and O–H groups in total. The molecule has 0 fully saturated rings. The van der Waals surface area contributed by atoms with Crippen molar-refractivity contribution >= 4 is 24.2 Å². The lowest BCUT2D eigenvalue weighted by molar-refractivity contribution is -0.137. The second kappa shape index (κ2) is 3.42. The highest BCUT2D eigenvalue weighted by Gasteiger charge is 2.33. The van der Waals surface area contributed by atoms with Gasteiger partial charge in [-0.3, -0.25) is 0 Å². The van der Waals surface area contributed by atoms with Gasteiger partial charge in [-0.2, -0.15) is 13.2 Å². The summed E-state index contributed by atoms with van der Waals surface area (Å²) >= 11 is 9.37. The van der Waals surface area contributed by atoms with Gasteiger partial charge in [-0.1, -0.05) is 17.7 Å². The van der Waals surface area contributed by atoms with E-state index in [1.165, 1.54) is 6.07 Å². The number of aryl methyl sites for hydroxylation is 1. The van der Waals surface area contributed by atoms with Crippen molar-refractivity contribution in [2.75, 3.05) is 0 Å². The van der Waals surface area contributed by atoms with Crippen LogP contribution in [0, 0.1) is 6.92 Å². The first kappa shape index (κ1) is 10.7. The summed E-state index contributed by atoms with van der Waals surface area (Å²) < 4.78 is 36.7. The normalized spacial score (nSPS) is 11.8. The second-order valence-corrected chi connectivity index (χ2v) is 3.42. The van der Waals surface area contributed by atoms with Gasteiger partial charge >= 0.3 is 6.18 Å². The molecule has 0 bridgehead atoms. The highest BCUT2D eigenvalue weighted by atomic mass is 35.5. The number of rotatable bonds is 0. The van der Waals surface area contributed by atoms with Gasteiger partial charge in [0, 0.05) is 4.90 Å². The van der Waals surface area contributed by atoms with Crippen molar-refractivity contribution in [2.45, 2.75) is 18.0 Å². The van der Waals surface area contributed by atoms with Gasteiger partial charge in [-0.25, -0.2) is 0 Å². The summed E-state index contributed by atoms with van der Waals surface area (Å²) in [6, 6.07) is 2.30. The zero-order valence-electron chi connectivity index (χ0n) is 6.61. The van der Waals surface area contributed by atoms with E-state index in [2.05, 4.69) is 12.6 Å². The van der Waals surface area contributed by atoms with Gasteiger partial charge in [0.05, 0.1) is 10.6 Å². The lowest BCUT2D eigenvalue weighted by Crippen LogP contribution is -2.06. The lowest BCUT2D eigenvalue weighted by atomic mass is 10.1. The molecular formula is C8H6ClF3S. The molecule has 5 heteroatoms. The molecule has 1 aromatic rings. The Morgan fingerprint density at radius 1 is 1.31 bits per heavy atom. The quantitative estimate of drug-likeness (QED) is 0.636. The van der Waals surface area contributed by atoms with E-state index in [0.29, 0.717) is 5.56 Å². The number of benzene rings is 1. The molecule has 1 rings (SSSR count). The van der Waals surface area contributed by atoms with E-state index < -0.39 is 11.7 Å². The van der Waals surface area contributed by atoms with Gasteiger partial charge in [0.1, 0.15) is 0 Å². The fourth-order valence-electron chi connectivity index (χ4n) is 0.880. The number of hydrogen-bond donors (Lipinski definition) is 1. The minimum absolute atomic E-state index is 0.177. The van der Waals surface area contributed by atoms with E-state index in [4.69, 9.17) is 11.6 Å². The first-order chi connectivity index (χ1) is 5.84. The maximum atomic E-state index is 12.2. The molecule has 0 aliphatic rings. The van der Waals surface area contributed by atoms with Crippen LogP contribution in [-0.2, 0) is 6.18 Å². The standard InChI is InChI=1S/C8H6ClF3S/c1-4-2-3-5(8(10,11)12)6(9)7(4)13/h2-3,13H,1H3. The minimum Gasteiger partial charge on any atom is -0.166 e. The smallest absolute Gasteiger partial charge is 0.166 e. The maximum Gasteiger partial charge on any atom is 0.417 e. The van der Waals surface area contributed by atoms with Crippen LogP contribution in [0.25, 0.3) is 0 Å². The summed E-state index contributed by atoms with van der Waals surface area (Å²) in [4.78, 5) is 0.177. The SMILES string of the molecule is Cc1ccc(C(F)(F)F)c(Cl)c1S. The summed E-state index contributed by atoms with van der Waals surface area (Å²) in [5, 5.41) is -0.337. The molecule has 0 saturated carbocycles. The Bertz CT molecular complexity index is 333. The third-order valence-corrected chi connectivity index (χ3v) is 2.72. The summed E-state index contributed by atoms with van der Waals surface area (Å²) in [5.41, 5.74) is -0.217. The molecule has 0 heterocycles. The number of halogens is 4. The maximum absolute atomic E-state index is 12.2. The zero-order valence-corrected chi connectivity index (χ0v) is 8.26. The molecule has 0 nitrogen and oxygen atoms in total. The third-order valence-electron chi connectivity index (χ3n) is 1.62. The monoisotopic (exact) mass is 226 g/mol. The van der Waals surface area contributed by atoms with Crippen LogP contribution in [0.15, 0.2) is 17.0 Å². The molecule has 0 saturated heterocycles. The molecule has 0 amide bonds. The van der Waals surface area contributed by atoms with Gasteiger partial charge in [0.25, 0.3) is 0 Å². The predicted octanol–water partition coefficient (Wildman–Crippen LogP) is 3.96. The van der Waals surface area contributed by atoms with Crippen LogP contribution in [0.2, 0.25) is 5.02 Å². The van der Waals surface area contributed by atoms with Gasteiger partial charge in [-0.05, 0) is 18.6 Å². The van der Waals surface area contributed by atoms with Gasteiger partial charge in [-0.15, -0.1) is 12.6 Å². The molecule has 1 aromatic carbocycles. The largest absolute Gasteiger partial charge is 0.417 e. The average molecular weight is 227 g/mol.